The highest BCUT2D eigenvalue weighted by molar-refractivity contribution is 5.96. The molecule has 6 nitrogen and oxygen atoms in total. The molecular formula is C14H21N3O3. The number of aliphatic hydroxyl groups excluding tert-OH is 1. The zero-order chi connectivity index (χ0) is 15.0. The first kappa shape index (κ1) is 16.1. The Morgan fingerprint density at radius 1 is 1.25 bits per heavy atom. The van der Waals surface area contributed by atoms with Crippen LogP contribution in [0, 0.1) is 0 Å². The van der Waals surface area contributed by atoms with E-state index in [9.17, 15) is 9.59 Å². The highest BCUT2D eigenvalue weighted by Crippen LogP contribution is 2.09. The van der Waals surface area contributed by atoms with E-state index in [4.69, 9.17) is 5.11 Å². The number of amides is 2. The van der Waals surface area contributed by atoms with Gasteiger partial charge < -0.3 is 15.7 Å². The molecule has 0 heterocycles. The van der Waals surface area contributed by atoms with Crippen LogP contribution in [-0.4, -0.2) is 55.1 Å². The van der Waals surface area contributed by atoms with Crippen molar-refractivity contribution >= 4 is 17.5 Å². The average molecular weight is 279 g/mol. The van der Waals surface area contributed by atoms with E-state index in [1.807, 2.05) is 11.8 Å². The summed E-state index contributed by atoms with van der Waals surface area (Å²) in [5.74, 6) is -0.309. The minimum atomic E-state index is -0.164. The number of rotatable bonds is 7. The number of anilines is 1. The number of nitrogens with zero attached hydrogens (tertiary/aromatic N) is 1. The number of hydrogen-bond acceptors (Lipinski definition) is 4. The smallest absolute Gasteiger partial charge is 0.251 e. The predicted octanol–water partition coefficient (Wildman–Crippen LogP) is 0.299. The predicted molar refractivity (Wildman–Crippen MR) is 77.7 cm³/mol. The van der Waals surface area contributed by atoms with E-state index in [2.05, 4.69) is 10.6 Å². The third kappa shape index (κ3) is 4.99. The molecule has 0 aliphatic heterocycles. The summed E-state index contributed by atoms with van der Waals surface area (Å²) in [4.78, 5) is 25.0. The Bertz CT molecular complexity index is 445. The van der Waals surface area contributed by atoms with Crippen LogP contribution in [0.1, 0.15) is 17.3 Å². The zero-order valence-corrected chi connectivity index (χ0v) is 11.8. The normalized spacial score (nSPS) is 10.4. The summed E-state index contributed by atoms with van der Waals surface area (Å²) in [5.41, 5.74) is 1.18. The first-order valence-electron chi connectivity index (χ1n) is 6.56. The van der Waals surface area contributed by atoms with Gasteiger partial charge in [-0.05, 0) is 30.8 Å². The number of carbonyl (C=O) groups excluding carboxylic acids is 2. The van der Waals surface area contributed by atoms with Gasteiger partial charge in [0.2, 0.25) is 5.91 Å². The van der Waals surface area contributed by atoms with Crippen LogP contribution < -0.4 is 10.6 Å². The van der Waals surface area contributed by atoms with Gasteiger partial charge in [-0.2, -0.15) is 0 Å². The van der Waals surface area contributed by atoms with Crippen LogP contribution in [0.25, 0.3) is 0 Å². The highest BCUT2D eigenvalue weighted by Gasteiger charge is 2.09. The third-order valence-corrected chi connectivity index (χ3v) is 2.89. The molecule has 0 bridgehead atoms. The molecular weight excluding hydrogens is 258 g/mol. The molecule has 110 valence electrons. The minimum absolute atomic E-state index is 0.0297. The van der Waals surface area contributed by atoms with Crippen molar-refractivity contribution < 1.29 is 14.7 Å². The van der Waals surface area contributed by atoms with E-state index >= 15 is 0 Å². The van der Waals surface area contributed by atoms with Crippen LogP contribution in [0.2, 0.25) is 0 Å². The van der Waals surface area contributed by atoms with Crippen molar-refractivity contribution in [2.45, 2.75) is 6.92 Å². The van der Waals surface area contributed by atoms with E-state index in [1.165, 1.54) is 0 Å². The van der Waals surface area contributed by atoms with Gasteiger partial charge in [-0.1, -0.05) is 6.92 Å². The van der Waals surface area contributed by atoms with Gasteiger partial charge in [-0.15, -0.1) is 0 Å². The van der Waals surface area contributed by atoms with Crippen LogP contribution in [0.3, 0.4) is 0 Å². The van der Waals surface area contributed by atoms with Gasteiger partial charge in [0.15, 0.2) is 0 Å². The lowest BCUT2D eigenvalue weighted by Gasteiger charge is -2.18. The number of aliphatic hydroxyl groups is 1. The summed E-state index contributed by atoms with van der Waals surface area (Å²) >= 11 is 0. The molecule has 1 aromatic carbocycles. The number of benzene rings is 1. The lowest BCUT2D eigenvalue weighted by atomic mass is 10.2. The molecule has 3 N–H and O–H groups in total. The summed E-state index contributed by atoms with van der Waals surface area (Å²) in [6, 6.07) is 6.68. The molecule has 0 saturated heterocycles. The Balaban J connectivity index is 2.55. The molecule has 0 atom stereocenters. The summed E-state index contributed by atoms with van der Waals surface area (Å²) in [6.07, 6.45) is 0. The maximum absolute atomic E-state index is 11.8. The van der Waals surface area contributed by atoms with E-state index in [-0.39, 0.29) is 25.0 Å². The molecule has 20 heavy (non-hydrogen) atoms. The van der Waals surface area contributed by atoms with Gasteiger partial charge in [0.05, 0.1) is 13.2 Å². The van der Waals surface area contributed by atoms with E-state index < -0.39 is 0 Å². The fourth-order valence-electron chi connectivity index (χ4n) is 1.74. The van der Waals surface area contributed by atoms with Crippen molar-refractivity contribution in [1.29, 1.82) is 0 Å². The monoisotopic (exact) mass is 279 g/mol. The average Bonchev–Trinajstić information content (AvgIpc) is 2.46. The number of likely N-dealkylation sites (N-methyl/N-ethyl adjacent to an activating group) is 1. The molecule has 0 aliphatic rings. The van der Waals surface area contributed by atoms with Crippen LogP contribution >= 0.6 is 0 Å². The highest BCUT2D eigenvalue weighted by atomic mass is 16.3. The Hall–Kier alpha value is -1.92. The molecule has 0 fully saturated rings. The number of nitrogens with one attached hydrogen (secondary N) is 2. The zero-order valence-electron chi connectivity index (χ0n) is 11.8. The topological polar surface area (TPSA) is 81.7 Å². The van der Waals surface area contributed by atoms with E-state index in [0.717, 1.165) is 0 Å². The molecule has 0 aromatic heterocycles. The molecule has 1 rings (SSSR count). The van der Waals surface area contributed by atoms with Crippen LogP contribution in [0.5, 0.6) is 0 Å². The third-order valence-electron chi connectivity index (χ3n) is 2.89. The van der Waals surface area contributed by atoms with E-state index in [1.54, 1.807) is 31.3 Å². The molecule has 1 aromatic rings. The molecule has 0 aliphatic carbocycles. The first-order valence-corrected chi connectivity index (χ1v) is 6.56. The van der Waals surface area contributed by atoms with Gasteiger partial charge in [-0.3, -0.25) is 14.5 Å². The quantitative estimate of drug-likeness (QED) is 0.670. The Labute approximate surface area is 118 Å². The van der Waals surface area contributed by atoms with Crippen molar-refractivity contribution in [3.63, 3.8) is 0 Å². The Morgan fingerprint density at radius 2 is 1.90 bits per heavy atom. The molecule has 6 heteroatoms. The molecule has 0 spiro atoms. The van der Waals surface area contributed by atoms with Crippen molar-refractivity contribution in [2.24, 2.45) is 0 Å². The van der Waals surface area contributed by atoms with Crippen LogP contribution in [-0.2, 0) is 4.79 Å². The summed E-state index contributed by atoms with van der Waals surface area (Å²) in [7, 11) is 1.57. The molecule has 0 saturated carbocycles. The molecule has 0 unspecified atom stereocenters. The number of hydrogen-bond donors (Lipinski definition) is 3. The van der Waals surface area contributed by atoms with Gasteiger partial charge in [0.1, 0.15) is 0 Å². The van der Waals surface area contributed by atoms with Crippen LogP contribution in [0.15, 0.2) is 24.3 Å². The SMILES string of the molecule is CCN(CCO)CC(=O)Nc1ccc(C(=O)NC)cc1. The maximum Gasteiger partial charge on any atom is 0.251 e. The fourth-order valence-corrected chi connectivity index (χ4v) is 1.74. The Morgan fingerprint density at radius 3 is 2.40 bits per heavy atom. The molecule has 0 radical (unpaired) electrons. The lowest BCUT2D eigenvalue weighted by Crippen LogP contribution is -2.35. The van der Waals surface area contributed by atoms with Gasteiger partial charge in [-0.25, -0.2) is 0 Å². The Kier molecular flexibility index (Phi) is 6.69. The van der Waals surface area contributed by atoms with Crippen molar-refractivity contribution in [3.05, 3.63) is 29.8 Å². The second kappa shape index (κ2) is 8.29. The van der Waals surface area contributed by atoms with Crippen molar-refractivity contribution in [1.82, 2.24) is 10.2 Å². The van der Waals surface area contributed by atoms with Crippen molar-refractivity contribution in [3.8, 4) is 0 Å². The summed E-state index contributed by atoms with van der Waals surface area (Å²) in [6.45, 7) is 3.36. The first-order chi connectivity index (χ1) is 9.60. The molecule has 2 amide bonds. The fraction of sp³-hybridized carbons (Fsp3) is 0.429. The second-order valence-electron chi connectivity index (χ2n) is 4.30. The van der Waals surface area contributed by atoms with Gasteiger partial charge in [0, 0.05) is 24.8 Å². The van der Waals surface area contributed by atoms with Gasteiger partial charge >= 0.3 is 0 Å². The van der Waals surface area contributed by atoms with Crippen LogP contribution in [0.4, 0.5) is 5.69 Å². The van der Waals surface area contributed by atoms with Crippen molar-refractivity contribution in [2.75, 3.05) is 38.6 Å². The minimum Gasteiger partial charge on any atom is -0.395 e. The van der Waals surface area contributed by atoms with Gasteiger partial charge in [0.25, 0.3) is 5.91 Å². The standard InChI is InChI=1S/C14H21N3O3/c1-3-17(8-9-18)10-13(19)16-12-6-4-11(5-7-12)14(20)15-2/h4-7,18H,3,8-10H2,1-2H3,(H,15,20)(H,16,19). The second-order valence-corrected chi connectivity index (χ2v) is 4.30. The maximum atomic E-state index is 11.8. The summed E-state index contributed by atoms with van der Waals surface area (Å²) < 4.78 is 0. The van der Waals surface area contributed by atoms with E-state index in [0.29, 0.717) is 24.3 Å². The largest absolute Gasteiger partial charge is 0.395 e. The summed E-state index contributed by atoms with van der Waals surface area (Å²) in [5, 5.41) is 14.2. The lowest BCUT2D eigenvalue weighted by molar-refractivity contribution is -0.117. The number of carbonyl (C=O) groups is 2.